The quantitative estimate of drug-likeness (QED) is 0.0717. The lowest BCUT2D eigenvalue weighted by molar-refractivity contribution is 0.393. The van der Waals surface area contributed by atoms with E-state index in [-0.39, 0.29) is 0 Å². The molecule has 108 heavy (non-hydrogen) atoms. The summed E-state index contributed by atoms with van der Waals surface area (Å²) in [7, 11) is 0. The van der Waals surface area contributed by atoms with Gasteiger partial charge in [0.1, 0.15) is 63.2 Å². The van der Waals surface area contributed by atoms with Crippen LogP contribution < -0.4 is 0 Å². The lowest BCUT2D eigenvalue weighted by Crippen LogP contribution is -2.07. The van der Waals surface area contributed by atoms with Gasteiger partial charge in [0.05, 0.1) is 85.0 Å². The Balaban J connectivity index is 0.0000000981. The first-order valence-electron chi connectivity index (χ1n) is 38.3. The van der Waals surface area contributed by atoms with E-state index in [0.717, 1.165) is 216 Å². The third-order valence-corrected chi connectivity index (χ3v) is 22.7. The molecule has 6 aliphatic rings. The van der Waals surface area contributed by atoms with E-state index in [1.54, 1.807) is 0 Å². The van der Waals surface area contributed by atoms with Gasteiger partial charge in [-0.2, -0.15) is 5.10 Å². The van der Waals surface area contributed by atoms with Crippen LogP contribution in [0.15, 0.2) is 97.6 Å². The van der Waals surface area contributed by atoms with Crippen molar-refractivity contribution in [2.75, 3.05) is 0 Å². The van der Waals surface area contributed by atoms with Gasteiger partial charge in [0, 0.05) is 110 Å². The molecule has 12 aromatic heterocycles. The van der Waals surface area contributed by atoms with Crippen LogP contribution in [0.3, 0.4) is 0 Å². The van der Waals surface area contributed by atoms with E-state index in [2.05, 4.69) is 145 Å². The van der Waals surface area contributed by atoms with Gasteiger partial charge in [-0.15, -0.1) is 0 Å². The molecule has 0 saturated heterocycles. The first-order valence-corrected chi connectivity index (χ1v) is 38.3. The van der Waals surface area contributed by atoms with Gasteiger partial charge in [-0.3, -0.25) is 10.1 Å². The van der Waals surface area contributed by atoms with E-state index in [1.807, 2.05) is 87.2 Å². The van der Waals surface area contributed by atoms with Crippen LogP contribution in [0.25, 0.3) is 122 Å². The topological polar surface area (TPSA) is 296 Å². The number of pyridine rings is 1. The highest BCUT2D eigenvalue weighted by Crippen LogP contribution is 2.50. The van der Waals surface area contributed by atoms with E-state index in [9.17, 15) is 0 Å². The second-order valence-electron chi connectivity index (χ2n) is 31.0. The van der Waals surface area contributed by atoms with Crippen molar-refractivity contribution in [2.24, 2.45) is 0 Å². The van der Waals surface area contributed by atoms with Crippen molar-refractivity contribution in [3.8, 4) is 78.1 Å². The maximum atomic E-state index is 5.45. The Morgan fingerprint density at radius 1 is 0.389 bits per heavy atom. The van der Waals surface area contributed by atoms with Crippen molar-refractivity contribution in [2.45, 2.75) is 203 Å². The summed E-state index contributed by atoms with van der Waals surface area (Å²) in [4.78, 5) is 47.8. The molecule has 546 valence electrons. The Kier molecular flexibility index (Phi) is 16.2. The number of aryl methyl sites for hydroxylation is 13. The number of aromatic nitrogens is 19. The fraction of sp³-hybridized carbons (Fsp3) is 0.365. The molecule has 5 fully saturated rings. The molecule has 0 bridgehead atoms. The van der Waals surface area contributed by atoms with Crippen molar-refractivity contribution in [3.63, 3.8) is 0 Å². The Morgan fingerprint density at radius 2 is 0.796 bits per heavy atom. The summed E-state index contributed by atoms with van der Waals surface area (Å²) in [6.45, 7) is 24.1. The molecular weight excluding hydrogens is 1350 g/mol. The molecular formula is C85H87N19O4. The van der Waals surface area contributed by atoms with E-state index < -0.39 is 0 Å². The van der Waals surface area contributed by atoms with Crippen molar-refractivity contribution in [1.82, 2.24) is 94.8 Å². The zero-order chi connectivity index (χ0) is 73.7. The normalized spacial score (nSPS) is 15.6. The summed E-state index contributed by atoms with van der Waals surface area (Å²) in [6.07, 6.45) is 24.5. The third kappa shape index (κ3) is 12.1. The second kappa shape index (κ2) is 26.1. The summed E-state index contributed by atoms with van der Waals surface area (Å²) in [5, 5.41) is 24.4. The maximum Gasteiger partial charge on any atom is 0.141 e. The lowest BCUT2D eigenvalue weighted by Gasteiger charge is -2.15. The first kappa shape index (κ1) is 67.0. The molecule has 23 nitrogen and oxygen atoms in total. The van der Waals surface area contributed by atoms with E-state index in [4.69, 9.17) is 43.0 Å². The minimum absolute atomic E-state index is 0.569. The predicted octanol–water partition coefficient (Wildman–Crippen LogP) is 19.7. The number of H-pyrrole nitrogens is 5. The Hall–Kier alpha value is -11.6. The molecule has 16 aromatic rings. The fourth-order valence-electron chi connectivity index (χ4n) is 16.5. The van der Waals surface area contributed by atoms with Crippen LogP contribution in [0, 0.1) is 83.1 Å². The van der Waals surface area contributed by atoms with Crippen LogP contribution in [0.4, 0.5) is 0 Å². The van der Waals surface area contributed by atoms with Crippen LogP contribution in [0.2, 0.25) is 0 Å². The average Bonchev–Trinajstić information content (AvgIpc) is 1.60. The average molecular weight is 1440 g/mol. The van der Waals surface area contributed by atoms with Crippen LogP contribution in [0.1, 0.15) is 216 Å². The predicted molar refractivity (Wildman–Crippen MR) is 415 cm³/mol. The molecule has 0 aliphatic heterocycles. The molecule has 5 N–H and O–H groups in total. The molecule has 22 rings (SSSR count). The highest BCUT2D eigenvalue weighted by Gasteiger charge is 2.35. The Bertz CT molecular complexity index is 6100. The third-order valence-electron chi connectivity index (χ3n) is 22.7. The molecule has 0 atom stereocenters. The summed E-state index contributed by atoms with van der Waals surface area (Å²) in [5.41, 5.74) is 34.5. The number of nitrogens with zero attached hydrogens (tertiary/aromatic N) is 14. The summed E-state index contributed by atoms with van der Waals surface area (Å²) in [5.74, 6) is 11.6. The number of hydrogen-bond acceptors (Lipinski definition) is 16. The molecule has 23 heteroatoms. The van der Waals surface area contributed by atoms with Crippen molar-refractivity contribution in [3.05, 3.63) is 188 Å². The van der Waals surface area contributed by atoms with Crippen molar-refractivity contribution < 1.29 is 18.1 Å². The van der Waals surface area contributed by atoms with E-state index in [1.165, 1.54) is 105 Å². The fourth-order valence-corrected chi connectivity index (χ4v) is 16.5. The largest absolute Gasteiger partial charge is 0.361 e. The minimum atomic E-state index is 0.569. The molecule has 12 heterocycles. The highest BCUT2D eigenvalue weighted by molar-refractivity contribution is 6.00. The van der Waals surface area contributed by atoms with Crippen molar-refractivity contribution in [1.29, 1.82) is 0 Å². The monoisotopic (exact) mass is 1440 g/mol. The van der Waals surface area contributed by atoms with Gasteiger partial charge in [0.2, 0.25) is 0 Å². The number of fused-ring (bicyclic) bond motifs is 5. The molecule has 0 amide bonds. The first-order chi connectivity index (χ1) is 52.4. The van der Waals surface area contributed by atoms with Gasteiger partial charge in [0.25, 0.3) is 0 Å². The van der Waals surface area contributed by atoms with E-state index in [0.29, 0.717) is 29.6 Å². The van der Waals surface area contributed by atoms with Gasteiger partial charge < -0.3 is 47.2 Å². The number of nitrogens with one attached hydrogen (secondary N) is 5. The standard InChI is InChI=1S/2C22H23N5O.C22H22N4O.C19H19N5O/c1-10-19(20(26-25-10)13-4-5-13)16-8-15(18-11(2)27-28-12(18)3)9-17-21(16)24-22(23-17)14-6-7-14;1-12-20(13(2)28-26-12)15-9-17-21(25-22(24-17)14-7-8-14)19(10-15)27-11-23-16-5-3-4-6-18(16)27;1-11-7-8-23-12(2)19(11)17-9-16(20-13(3)26-27-14(20)4)10-18-21(17)25-22(24-18)15-5-6-15;1-10-17(11(2)25-23-10)14-8-15-18(22-19(21-15)13-4-5-13)16(9-14)24-7-6-20-12(24)3/h8-9,13-14H,4-7H2,1-3H3,(H,23,24)(H,25,26);9-11,14H,3-8H2,1-2H3,(H,24,25);7-10,15H,5-6H2,1-4H3,(H,24,25);6-9,13H,4-5H2,1-3H3,(H,21,22). The molecule has 5 saturated carbocycles. The smallest absolute Gasteiger partial charge is 0.141 e. The van der Waals surface area contributed by atoms with Gasteiger partial charge in [0.15, 0.2) is 0 Å². The number of aromatic amines is 5. The van der Waals surface area contributed by atoms with Gasteiger partial charge >= 0.3 is 0 Å². The van der Waals surface area contributed by atoms with Gasteiger partial charge in [-0.25, -0.2) is 29.9 Å². The van der Waals surface area contributed by atoms with Gasteiger partial charge in [-0.1, -0.05) is 20.6 Å². The zero-order valence-corrected chi connectivity index (χ0v) is 63.2. The molecule has 0 radical (unpaired) electrons. The van der Waals surface area contributed by atoms with Crippen LogP contribution >= 0.6 is 0 Å². The van der Waals surface area contributed by atoms with Gasteiger partial charge in [-0.05, 0) is 255 Å². The summed E-state index contributed by atoms with van der Waals surface area (Å²) in [6, 6.07) is 19.6. The number of rotatable bonds is 13. The van der Waals surface area contributed by atoms with E-state index >= 15 is 0 Å². The van der Waals surface area contributed by atoms with Crippen LogP contribution in [-0.2, 0) is 12.8 Å². The molecule has 0 spiro atoms. The van der Waals surface area contributed by atoms with Crippen molar-refractivity contribution >= 4 is 44.1 Å². The summed E-state index contributed by atoms with van der Waals surface area (Å²) >= 11 is 0. The Morgan fingerprint density at radius 3 is 1.20 bits per heavy atom. The number of benzene rings is 4. The lowest BCUT2D eigenvalue weighted by atomic mass is 9.94. The number of hydrogen-bond donors (Lipinski definition) is 5. The molecule has 0 unspecified atom stereocenters. The highest BCUT2D eigenvalue weighted by atomic mass is 16.5. The number of imidazole rings is 6. The molecule has 6 aliphatic carbocycles. The minimum Gasteiger partial charge on any atom is -0.361 e. The zero-order valence-electron chi connectivity index (χ0n) is 63.2. The Labute approximate surface area is 623 Å². The summed E-state index contributed by atoms with van der Waals surface area (Å²) < 4.78 is 26.0. The SMILES string of the molecule is Cc1ccnc(C)c1-c1cc(-c2c(C)noc2C)cc2[nH]c(C3CC3)nc12.Cc1noc(C)c1-c1cc(-c2c(C3CC3)n[nH]c2C)c2nc(C3CC3)[nH]c2c1.Cc1noc(C)c1-c1cc(-n2ccnc2C)c2nc(C3CC3)[nH]c2c1.Cc1noc(C)c1-c1cc(-n2cnc3c2CCCC3)c2nc(C3CC3)[nH]c2c1. The molecule has 4 aromatic carbocycles. The second-order valence-corrected chi connectivity index (χ2v) is 31.0. The maximum absolute atomic E-state index is 5.45. The van der Waals surface area contributed by atoms with Crippen LogP contribution in [0.5, 0.6) is 0 Å². The van der Waals surface area contributed by atoms with Crippen LogP contribution in [-0.4, -0.2) is 94.8 Å².